The van der Waals surface area contributed by atoms with Crippen LogP contribution in [-0.2, 0) is 4.79 Å². The molecule has 8 heteroatoms. The molecular formula is C16H24ClN5O2. The normalized spacial score (nSPS) is 11.6. The zero-order chi connectivity index (χ0) is 16.7. The number of hydrogen-bond acceptors (Lipinski definition) is 4. The fourth-order valence-electron chi connectivity index (χ4n) is 2.20. The molecule has 1 atom stereocenters. The highest BCUT2D eigenvalue weighted by Gasteiger charge is 2.19. The predicted molar refractivity (Wildman–Crippen MR) is 96.4 cm³/mol. The third kappa shape index (κ3) is 5.21. The molecule has 132 valence electrons. The number of nitrogens with one attached hydrogen (secondary N) is 4. The minimum Gasteiger partial charge on any atom is -0.353 e. The van der Waals surface area contributed by atoms with Crippen LogP contribution in [0.5, 0.6) is 0 Å². The second-order valence-corrected chi connectivity index (χ2v) is 5.35. The van der Waals surface area contributed by atoms with Crippen LogP contribution in [0, 0.1) is 0 Å². The Kier molecular flexibility index (Phi) is 8.21. The van der Waals surface area contributed by atoms with Gasteiger partial charge in [0.15, 0.2) is 5.69 Å². The largest absolute Gasteiger partial charge is 0.353 e. The average molecular weight is 354 g/mol. The van der Waals surface area contributed by atoms with Crippen molar-refractivity contribution < 1.29 is 9.59 Å². The summed E-state index contributed by atoms with van der Waals surface area (Å²) in [6.07, 6.45) is 1.05. The first-order valence-electron chi connectivity index (χ1n) is 7.86. The van der Waals surface area contributed by atoms with E-state index < -0.39 is 6.04 Å². The van der Waals surface area contributed by atoms with Gasteiger partial charge in [0, 0.05) is 18.5 Å². The molecule has 1 aromatic carbocycles. The molecule has 1 heterocycles. The second kappa shape index (κ2) is 9.89. The maximum atomic E-state index is 12.3. The van der Waals surface area contributed by atoms with Gasteiger partial charge in [0.05, 0.1) is 5.52 Å². The van der Waals surface area contributed by atoms with Crippen molar-refractivity contribution in [3.8, 4) is 0 Å². The van der Waals surface area contributed by atoms with Crippen molar-refractivity contribution in [3.63, 3.8) is 0 Å². The molecule has 0 aliphatic rings. The lowest BCUT2D eigenvalue weighted by molar-refractivity contribution is -0.122. The third-order valence-electron chi connectivity index (χ3n) is 3.45. The Morgan fingerprint density at radius 3 is 2.71 bits per heavy atom. The van der Waals surface area contributed by atoms with Crippen molar-refractivity contribution in [2.45, 2.75) is 26.3 Å². The van der Waals surface area contributed by atoms with E-state index in [9.17, 15) is 9.59 Å². The summed E-state index contributed by atoms with van der Waals surface area (Å²) in [7, 11) is 0. The minimum absolute atomic E-state index is 0. The van der Waals surface area contributed by atoms with Crippen molar-refractivity contribution in [3.05, 3.63) is 30.0 Å². The number of halogens is 1. The Hall–Kier alpha value is -2.12. The van der Waals surface area contributed by atoms with Gasteiger partial charge in [-0.2, -0.15) is 5.10 Å². The maximum absolute atomic E-state index is 12.3. The lowest BCUT2D eigenvalue weighted by atomic mass is 10.2. The molecule has 2 amide bonds. The van der Waals surface area contributed by atoms with Crippen molar-refractivity contribution >= 4 is 35.1 Å². The van der Waals surface area contributed by atoms with Crippen LogP contribution in [0.1, 0.15) is 30.8 Å². The summed E-state index contributed by atoms with van der Waals surface area (Å²) in [5.74, 6) is -0.578. The summed E-state index contributed by atoms with van der Waals surface area (Å²) in [5.41, 5.74) is 1.08. The molecule has 2 aromatic rings. The van der Waals surface area contributed by atoms with E-state index >= 15 is 0 Å². The summed E-state index contributed by atoms with van der Waals surface area (Å²) in [4.78, 5) is 24.2. The lowest BCUT2D eigenvalue weighted by Crippen LogP contribution is -2.46. The smallest absolute Gasteiger partial charge is 0.273 e. The molecule has 1 aromatic heterocycles. The Bertz CT molecular complexity index is 673. The standard InChI is InChI=1S/C16H23N5O2.ClH/c1-3-8-17-9-10-18-15(22)11(2)19-16(23)14-12-6-4-5-7-13(12)20-21-14;/h4-7,11,17H,3,8-10H2,1-2H3,(H,18,22)(H,19,23)(H,20,21);1H. The molecule has 0 aliphatic carbocycles. The van der Waals surface area contributed by atoms with Gasteiger partial charge in [-0.25, -0.2) is 0 Å². The topological polar surface area (TPSA) is 98.9 Å². The van der Waals surface area contributed by atoms with Crippen LogP contribution >= 0.6 is 12.4 Å². The Labute approximate surface area is 147 Å². The maximum Gasteiger partial charge on any atom is 0.273 e. The van der Waals surface area contributed by atoms with Crippen molar-refractivity contribution in [1.29, 1.82) is 0 Å². The predicted octanol–water partition coefficient (Wildman–Crippen LogP) is 1.22. The van der Waals surface area contributed by atoms with Crippen LogP contribution in [0.4, 0.5) is 0 Å². The summed E-state index contributed by atoms with van der Waals surface area (Å²) < 4.78 is 0. The highest BCUT2D eigenvalue weighted by Crippen LogP contribution is 2.14. The fourth-order valence-corrected chi connectivity index (χ4v) is 2.20. The van der Waals surface area contributed by atoms with Gasteiger partial charge in [-0.15, -0.1) is 12.4 Å². The van der Waals surface area contributed by atoms with E-state index in [0.717, 1.165) is 23.9 Å². The van der Waals surface area contributed by atoms with Gasteiger partial charge < -0.3 is 16.0 Å². The number of aromatic nitrogens is 2. The fraction of sp³-hybridized carbons (Fsp3) is 0.438. The first-order valence-corrected chi connectivity index (χ1v) is 7.86. The van der Waals surface area contributed by atoms with E-state index in [1.54, 1.807) is 6.92 Å². The summed E-state index contributed by atoms with van der Waals surface area (Å²) in [5, 5.41) is 16.2. The van der Waals surface area contributed by atoms with Crippen LogP contribution < -0.4 is 16.0 Å². The van der Waals surface area contributed by atoms with E-state index in [2.05, 4.69) is 33.1 Å². The van der Waals surface area contributed by atoms with Gasteiger partial charge >= 0.3 is 0 Å². The monoisotopic (exact) mass is 353 g/mol. The summed E-state index contributed by atoms with van der Waals surface area (Å²) >= 11 is 0. The molecule has 0 saturated heterocycles. The molecule has 0 aliphatic heterocycles. The second-order valence-electron chi connectivity index (χ2n) is 5.35. The van der Waals surface area contributed by atoms with Gasteiger partial charge in [-0.05, 0) is 26.0 Å². The van der Waals surface area contributed by atoms with Gasteiger partial charge in [-0.1, -0.05) is 25.1 Å². The molecule has 2 rings (SSSR count). The Morgan fingerprint density at radius 2 is 1.96 bits per heavy atom. The Balaban J connectivity index is 0.00000288. The average Bonchev–Trinajstić information content (AvgIpc) is 2.98. The number of amides is 2. The zero-order valence-electron chi connectivity index (χ0n) is 13.9. The first kappa shape index (κ1) is 19.9. The Morgan fingerprint density at radius 1 is 1.21 bits per heavy atom. The SMILES string of the molecule is CCCNCCNC(=O)C(C)NC(=O)c1n[nH]c2ccccc12.Cl. The molecule has 1 unspecified atom stereocenters. The van der Waals surface area contributed by atoms with Crippen LogP contribution in [-0.4, -0.2) is 47.7 Å². The lowest BCUT2D eigenvalue weighted by Gasteiger charge is -2.13. The third-order valence-corrected chi connectivity index (χ3v) is 3.45. The number of H-pyrrole nitrogens is 1. The van der Waals surface area contributed by atoms with Gasteiger partial charge in [0.2, 0.25) is 5.91 Å². The quantitative estimate of drug-likeness (QED) is 0.536. The number of rotatable bonds is 8. The summed E-state index contributed by atoms with van der Waals surface area (Å²) in [6, 6.07) is 6.75. The molecule has 0 bridgehead atoms. The molecule has 0 spiro atoms. The highest BCUT2D eigenvalue weighted by molar-refractivity contribution is 6.05. The first-order chi connectivity index (χ1) is 11.1. The number of fused-ring (bicyclic) bond motifs is 1. The zero-order valence-corrected chi connectivity index (χ0v) is 14.7. The molecule has 0 fully saturated rings. The van der Waals surface area contributed by atoms with Crippen LogP contribution in [0.15, 0.2) is 24.3 Å². The van der Waals surface area contributed by atoms with E-state index in [-0.39, 0.29) is 24.2 Å². The molecule has 7 nitrogen and oxygen atoms in total. The van der Waals surface area contributed by atoms with E-state index in [1.807, 2.05) is 24.3 Å². The number of para-hydroxylation sites is 1. The minimum atomic E-state index is -0.621. The van der Waals surface area contributed by atoms with Crippen LogP contribution in [0.3, 0.4) is 0 Å². The molecule has 0 saturated carbocycles. The highest BCUT2D eigenvalue weighted by atomic mass is 35.5. The molecular weight excluding hydrogens is 330 g/mol. The number of nitrogens with zero attached hydrogens (tertiary/aromatic N) is 1. The number of carbonyl (C=O) groups is 2. The molecule has 24 heavy (non-hydrogen) atoms. The van der Waals surface area contributed by atoms with E-state index in [4.69, 9.17) is 0 Å². The van der Waals surface area contributed by atoms with Gasteiger partial charge in [0.1, 0.15) is 6.04 Å². The van der Waals surface area contributed by atoms with Crippen molar-refractivity contribution in [2.75, 3.05) is 19.6 Å². The van der Waals surface area contributed by atoms with Gasteiger partial charge in [-0.3, -0.25) is 14.7 Å². The van der Waals surface area contributed by atoms with E-state index in [1.165, 1.54) is 0 Å². The number of benzene rings is 1. The number of carbonyl (C=O) groups excluding carboxylic acids is 2. The van der Waals surface area contributed by atoms with Crippen molar-refractivity contribution in [2.24, 2.45) is 0 Å². The molecule has 0 radical (unpaired) electrons. The number of hydrogen-bond donors (Lipinski definition) is 4. The van der Waals surface area contributed by atoms with E-state index in [0.29, 0.717) is 18.8 Å². The van der Waals surface area contributed by atoms with Crippen molar-refractivity contribution in [1.82, 2.24) is 26.1 Å². The molecule has 4 N–H and O–H groups in total. The van der Waals surface area contributed by atoms with Crippen LogP contribution in [0.2, 0.25) is 0 Å². The van der Waals surface area contributed by atoms with Gasteiger partial charge in [0.25, 0.3) is 5.91 Å². The summed E-state index contributed by atoms with van der Waals surface area (Å²) in [6.45, 7) is 5.91. The van der Waals surface area contributed by atoms with Crippen LogP contribution in [0.25, 0.3) is 10.9 Å². The number of aromatic amines is 1.